The molecule has 0 bridgehead atoms. The van der Waals surface area contributed by atoms with E-state index in [0.29, 0.717) is 0 Å². The topological polar surface area (TPSA) is 80.8 Å². The third kappa shape index (κ3) is 3.36. The van der Waals surface area contributed by atoms with Gasteiger partial charge in [0.05, 0.1) is 0 Å². The molecule has 10 heavy (non-hydrogen) atoms. The molecule has 1 rings (SSSR count). The van der Waals surface area contributed by atoms with Gasteiger partial charge in [0.2, 0.25) is 0 Å². The Morgan fingerprint density at radius 3 is 2.80 bits per heavy atom. The van der Waals surface area contributed by atoms with Crippen LogP contribution in [0.4, 0.5) is 0 Å². The molecule has 1 saturated heterocycles. The summed E-state index contributed by atoms with van der Waals surface area (Å²) in [5.74, 6) is -1.04. The van der Waals surface area contributed by atoms with Gasteiger partial charge >= 0.3 is 12.4 Å². The molecule has 0 aromatic heterocycles. The van der Waals surface area contributed by atoms with Gasteiger partial charge in [0, 0.05) is 0 Å². The first-order chi connectivity index (χ1) is 4.79. The minimum Gasteiger partial charge on any atom is -0.480 e. The zero-order chi connectivity index (χ0) is 7.40. The number of carboxylic acid groups (broad SMARTS) is 1. The normalized spacial score (nSPS) is 17.2. The lowest BCUT2D eigenvalue weighted by atomic mass is 10.8. The van der Waals surface area contributed by atoms with Crippen molar-refractivity contribution in [3.8, 4) is 0 Å². The highest BCUT2D eigenvalue weighted by molar-refractivity contribution is 5.67. The van der Waals surface area contributed by atoms with Gasteiger partial charge in [0.25, 0.3) is 0 Å². The average molecular weight is 150 g/mol. The van der Waals surface area contributed by atoms with Crippen LogP contribution < -0.4 is 0 Å². The minimum atomic E-state index is -1.04. The van der Waals surface area contributed by atoms with E-state index >= 15 is 0 Å². The lowest BCUT2D eigenvalue weighted by Gasteiger charge is -1.96. The van der Waals surface area contributed by atoms with Gasteiger partial charge in [0.1, 0.15) is 6.61 Å². The van der Waals surface area contributed by atoms with Gasteiger partial charge < -0.3 is 9.84 Å². The molecule has 1 aliphatic heterocycles. The molecule has 0 unspecified atom stereocenters. The third-order valence-electron chi connectivity index (χ3n) is 0.688. The highest BCUT2D eigenvalue weighted by atomic mass is 17.4. The van der Waals surface area contributed by atoms with Gasteiger partial charge in [-0.2, -0.15) is 9.78 Å². The van der Waals surface area contributed by atoms with Crippen LogP contribution in [0, 0.1) is 0 Å². The van der Waals surface area contributed by atoms with Gasteiger partial charge in [-0.25, -0.2) is 4.79 Å². The predicted octanol–water partition coefficient (Wildman–Crippen LogP) is -0.693. The van der Waals surface area contributed by atoms with E-state index in [1.54, 1.807) is 0 Å². The Morgan fingerprint density at radius 1 is 1.60 bits per heavy atom. The number of carbonyl (C=O) groups is 1. The Balaban J connectivity index is 1.80. The summed E-state index contributed by atoms with van der Waals surface area (Å²) in [6.45, 7) is -1.20. The summed E-state index contributed by atoms with van der Waals surface area (Å²) in [4.78, 5) is 18.1. The number of aliphatic carboxylic acids is 1. The summed E-state index contributed by atoms with van der Waals surface area (Å²) in [5.41, 5.74) is 0. The van der Waals surface area contributed by atoms with Crippen LogP contribution in [-0.2, 0) is 24.0 Å². The van der Waals surface area contributed by atoms with Crippen molar-refractivity contribution in [2.75, 3.05) is 13.4 Å². The fourth-order valence-electron chi connectivity index (χ4n) is 0.311. The van der Waals surface area contributed by atoms with Crippen LogP contribution in [0.1, 0.15) is 0 Å². The van der Waals surface area contributed by atoms with E-state index in [2.05, 4.69) is 19.2 Å². The molecule has 1 aliphatic rings. The maximum atomic E-state index is 9.82. The minimum absolute atomic E-state index is 0.142. The Kier molecular flexibility index (Phi) is 2.57. The number of hydrogen-bond acceptors (Lipinski definition) is 5. The molecule has 0 atom stereocenters. The Labute approximate surface area is 56.2 Å². The molecule has 0 amide bonds. The van der Waals surface area contributed by atoms with E-state index < -0.39 is 12.4 Å². The molecule has 0 aromatic carbocycles. The largest absolute Gasteiger partial charge is 0.480 e. The molecule has 58 valence electrons. The molecule has 6 nitrogen and oxygen atoms in total. The van der Waals surface area contributed by atoms with Crippen LogP contribution in [0.25, 0.3) is 0 Å². The molecule has 1 fully saturated rings. The summed E-state index contributed by atoms with van der Waals surface area (Å²) in [6.07, 6.45) is 0. The SMILES string of the molecule is O=C(O)COCOC1OO1. The summed E-state index contributed by atoms with van der Waals surface area (Å²) in [7, 11) is 0. The van der Waals surface area contributed by atoms with Crippen molar-refractivity contribution < 1.29 is 29.1 Å². The van der Waals surface area contributed by atoms with Crippen LogP contribution in [0.2, 0.25) is 0 Å². The summed E-state index contributed by atoms with van der Waals surface area (Å²) in [6, 6.07) is 0. The van der Waals surface area contributed by atoms with E-state index in [9.17, 15) is 4.79 Å². The van der Waals surface area contributed by atoms with Gasteiger partial charge in [-0.1, -0.05) is 0 Å². The lowest BCUT2D eigenvalue weighted by Crippen LogP contribution is -2.10. The monoisotopic (exact) mass is 150 g/mol. The van der Waals surface area contributed by atoms with E-state index in [4.69, 9.17) is 5.11 Å². The molecular weight excluding hydrogens is 144 g/mol. The van der Waals surface area contributed by atoms with Crippen LogP contribution in [0.3, 0.4) is 0 Å². The van der Waals surface area contributed by atoms with Gasteiger partial charge in [-0.15, -0.1) is 0 Å². The Bertz CT molecular complexity index is 119. The second-order valence-corrected chi connectivity index (χ2v) is 1.51. The quantitative estimate of drug-likeness (QED) is 0.242. The predicted molar refractivity (Wildman–Crippen MR) is 25.5 cm³/mol. The van der Waals surface area contributed by atoms with E-state index in [0.717, 1.165) is 0 Å². The first kappa shape index (κ1) is 7.42. The van der Waals surface area contributed by atoms with Crippen molar-refractivity contribution in [2.45, 2.75) is 6.48 Å². The molecule has 0 spiro atoms. The van der Waals surface area contributed by atoms with Crippen LogP contribution in [0.5, 0.6) is 0 Å². The number of rotatable bonds is 5. The standard InChI is InChI=1S/C4H6O6/c5-3(6)1-7-2-8-4-9-10-4/h4H,1-2H2,(H,5,6). The fraction of sp³-hybridized carbons (Fsp3) is 0.750. The van der Waals surface area contributed by atoms with Crippen molar-refractivity contribution in [2.24, 2.45) is 0 Å². The smallest absolute Gasteiger partial charge is 0.331 e. The maximum Gasteiger partial charge on any atom is 0.331 e. The number of carboxylic acids is 1. The first-order valence-electron chi connectivity index (χ1n) is 2.52. The summed E-state index contributed by atoms with van der Waals surface area (Å²) < 4.78 is 9.04. The Hall–Kier alpha value is -0.690. The molecular formula is C4H6O6. The van der Waals surface area contributed by atoms with Crippen molar-refractivity contribution in [1.29, 1.82) is 0 Å². The highest BCUT2D eigenvalue weighted by Gasteiger charge is 2.26. The van der Waals surface area contributed by atoms with Crippen LogP contribution in [-0.4, -0.2) is 31.0 Å². The fourth-order valence-corrected chi connectivity index (χ4v) is 0.311. The number of ether oxygens (including phenoxy) is 2. The van der Waals surface area contributed by atoms with E-state index in [-0.39, 0.29) is 13.4 Å². The van der Waals surface area contributed by atoms with Crippen molar-refractivity contribution in [1.82, 2.24) is 0 Å². The zero-order valence-electron chi connectivity index (χ0n) is 4.98. The number of hydrogen-bond donors (Lipinski definition) is 1. The van der Waals surface area contributed by atoms with Crippen LogP contribution in [0.15, 0.2) is 0 Å². The molecule has 1 N–H and O–H groups in total. The van der Waals surface area contributed by atoms with Crippen molar-refractivity contribution in [3.63, 3.8) is 0 Å². The second-order valence-electron chi connectivity index (χ2n) is 1.51. The van der Waals surface area contributed by atoms with Gasteiger partial charge in [-0.05, 0) is 0 Å². The zero-order valence-corrected chi connectivity index (χ0v) is 4.98. The van der Waals surface area contributed by atoms with Crippen molar-refractivity contribution >= 4 is 5.97 Å². The van der Waals surface area contributed by atoms with Crippen LogP contribution >= 0.6 is 0 Å². The highest BCUT2D eigenvalue weighted by Crippen LogP contribution is 2.12. The average Bonchev–Trinajstić information content (AvgIpc) is 2.62. The van der Waals surface area contributed by atoms with Gasteiger partial charge in [-0.3, -0.25) is 4.74 Å². The molecule has 0 saturated carbocycles. The summed E-state index contributed by atoms with van der Waals surface area (Å²) >= 11 is 0. The molecule has 0 aromatic rings. The second kappa shape index (κ2) is 3.47. The lowest BCUT2D eigenvalue weighted by molar-refractivity contribution is -0.151. The van der Waals surface area contributed by atoms with E-state index in [1.807, 2.05) is 0 Å². The summed E-state index contributed by atoms with van der Waals surface area (Å²) in [5, 5.41) is 8.05. The first-order valence-corrected chi connectivity index (χ1v) is 2.52. The third-order valence-corrected chi connectivity index (χ3v) is 0.688. The van der Waals surface area contributed by atoms with Crippen molar-refractivity contribution in [3.05, 3.63) is 0 Å². The molecule has 1 heterocycles. The van der Waals surface area contributed by atoms with E-state index in [1.165, 1.54) is 0 Å². The van der Waals surface area contributed by atoms with Gasteiger partial charge in [0.15, 0.2) is 6.79 Å². The maximum absolute atomic E-state index is 9.82. The molecule has 6 heteroatoms. The Morgan fingerprint density at radius 2 is 2.30 bits per heavy atom. The molecule has 0 radical (unpaired) electrons. The molecule has 0 aliphatic carbocycles.